The molecule has 0 aromatic rings. The Hall–Kier alpha value is -0.410. The summed E-state index contributed by atoms with van der Waals surface area (Å²) >= 11 is 0. The standard InChI is InChI=1S/C12H23N3O4S.ClH/c16-12(11-9-19-6-4-13-11)14-5-7-20(17,18)15-8-10-2-1-3-10;/h10-11,13,15H,1-9H2,(H,14,16);1H. The first-order chi connectivity index (χ1) is 9.57. The van der Waals surface area contributed by atoms with E-state index in [2.05, 4.69) is 15.4 Å². The van der Waals surface area contributed by atoms with Gasteiger partial charge in [-0.25, -0.2) is 13.1 Å². The van der Waals surface area contributed by atoms with Crippen LogP contribution in [0.3, 0.4) is 0 Å². The van der Waals surface area contributed by atoms with Crippen molar-refractivity contribution in [3.05, 3.63) is 0 Å². The lowest BCUT2D eigenvalue weighted by molar-refractivity contribution is -0.125. The molecule has 0 bridgehead atoms. The predicted molar refractivity (Wildman–Crippen MR) is 82.0 cm³/mol. The van der Waals surface area contributed by atoms with Gasteiger partial charge in [-0.05, 0) is 18.8 Å². The second-order valence-corrected chi connectivity index (χ2v) is 7.26. The summed E-state index contributed by atoms with van der Waals surface area (Å²) in [6.45, 7) is 2.21. The van der Waals surface area contributed by atoms with E-state index in [4.69, 9.17) is 4.74 Å². The Morgan fingerprint density at radius 1 is 1.33 bits per heavy atom. The van der Waals surface area contributed by atoms with Crippen LogP contribution in [0.4, 0.5) is 0 Å². The van der Waals surface area contributed by atoms with E-state index in [-0.39, 0.29) is 36.7 Å². The minimum Gasteiger partial charge on any atom is -0.378 e. The maximum absolute atomic E-state index is 11.7. The van der Waals surface area contributed by atoms with Gasteiger partial charge in [0, 0.05) is 19.6 Å². The molecule has 1 aliphatic carbocycles. The lowest BCUT2D eigenvalue weighted by Crippen LogP contribution is -2.52. The van der Waals surface area contributed by atoms with E-state index in [1.165, 1.54) is 6.42 Å². The van der Waals surface area contributed by atoms with Gasteiger partial charge in [-0.15, -0.1) is 12.4 Å². The van der Waals surface area contributed by atoms with Gasteiger partial charge in [0.25, 0.3) is 0 Å². The Kier molecular flexibility index (Phi) is 7.89. The van der Waals surface area contributed by atoms with Crippen LogP contribution in [0.1, 0.15) is 19.3 Å². The van der Waals surface area contributed by atoms with Gasteiger partial charge in [-0.2, -0.15) is 0 Å². The molecule has 124 valence electrons. The molecule has 2 rings (SSSR count). The highest BCUT2D eigenvalue weighted by atomic mass is 35.5. The number of carbonyl (C=O) groups is 1. The number of nitrogens with one attached hydrogen (secondary N) is 3. The van der Waals surface area contributed by atoms with Crippen LogP contribution in [0.2, 0.25) is 0 Å². The van der Waals surface area contributed by atoms with Crippen molar-refractivity contribution in [1.82, 2.24) is 15.4 Å². The summed E-state index contributed by atoms with van der Waals surface area (Å²) in [7, 11) is -3.30. The first-order valence-corrected chi connectivity index (χ1v) is 8.78. The molecule has 1 aliphatic heterocycles. The van der Waals surface area contributed by atoms with E-state index in [1.807, 2.05) is 0 Å². The number of amides is 1. The third-order valence-corrected chi connectivity index (χ3v) is 5.07. The zero-order chi connectivity index (χ0) is 14.4. The van der Waals surface area contributed by atoms with Crippen LogP contribution in [-0.4, -0.2) is 59.0 Å². The maximum atomic E-state index is 11.7. The molecule has 1 amide bonds. The molecule has 1 atom stereocenters. The van der Waals surface area contributed by atoms with Crippen LogP contribution in [-0.2, 0) is 19.6 Å². The lowest BCUT2D eigenvalue weighted by Gasteiger charge is -2.25. The lowest BCUT2D eigenvalue weighted by atomic mass is 9.86. The smallest absolute Gasteiger partial charge is 0.239 e. The molecule has 0 aromatic heterocycles. The molecule has 1 saturated carbocycles. The van der Waals surface area contributed by atoms with Gasteiger partial charge in [0.1, 0.15) is 6.04 Å². The third kappa shape index (κ3) is 6.48. The molecule has 3 N–H and O–H groups in total. The number of halogens is 1. The zero-order valence-electron chi connectivity index (χ0n) is 12.0. The number of ether oxygens (including phenoxy) is 1. The predicted octanol–water partition coefficient (Wildman–Crippen LogP) is -0.768. The summed E-state index contributed by atoms with van der Waals surface area (Å²) in [4.78, 5) is 11.7. The summed E-state index contributed by atoms with van der Waals surface area (Å²) < 4.78 is 31.2. The van der Waals surface area contributed by atoms with Gasteiger partial charge in [-0.3, -0.25) is 4.79 Å². The van der Waals surface area contributed by atoms with Crippen molar-refractivity contribution in [2.45, 2.75) is 25.3 Å². The van der Waals surface area contributed by atoms with E-state index in [0.717, 1.165) is 12.8 Å². The minimum atomic E-state index is -3.30. The molecular weight excluding hydrogens is 318 g/mol. The van der Waals surface area contributed by atoms with Crippen LogP contribution >= 0.6 is 12.4 Å². The van der Waals surface area contributed by atoms with Crippen LogP contribution in [0.5, 0.6) is 0 Å². The minimum absolute atomic E-state index is 0. The summed E-state index contributed by atoms with van der Waals surface area (Å²) in [5.41, 5.74) is 0. The van der Waals surface area contributed by atoms with Crippen molar-refractivity contribution in [1.29, 1.82) is 0 Å². The Balaban J connectivity index is 0.00000220. The summed E-state index contributed by atoms with van der Waals surface area (Å²) in [6, 6.07) is -0.380. The number of carbonyl (C=O) groups excluding carboxylic acids is 1. The molecule has 1 unspecified atom stereocenters. The van der Waals surface area contributed by atoms with E-state index in [1.54, 1.807) is 0 Å². The first-order valence-electron chi connectivity index (χ1n) is 7.13. The van der Waals surface area contributed by atoms with Crippen LogP contribution < -0.4 is 15.4 Å². The second-order valence-electron chi connectivity index (χ2n) is 5.34. The normalized spacial score (nSPS) is 23.0. The third-order valence-electron chi connectivity index (χ3n) is 3.72. The van der Waals surface area contributed by atoms with Crippen molar-refractivity contribution < 1.29 is 17.9 Å². The number of hydrogen-bond acceptors (Lipinski definition) is 5. The maximum Gasteiger partial charge on any atom is 0.239 e. The van der Waals surface area contributed by atoms with Crippen molar-refractivity contribution in [3.63, 3.8) is 0 Å². The zero-order valence-corrected chi connectivity index (χ0v) is 13.6. The molecule has 2 fully saturated rings. The number of sulfonamides is 1. The molecule has 1 saturated heterocycles. The van der Waals surface area contributed by atoms with E-state index < -0.39 is 10.0 Å². The van der Waals surface area contributed by atoms with E-state index >= 15 is 0 Å². The quantitative estimate of drug-likeness (QED) is 0.565. The number of rotatable bonds is 7. The summed E-state index contributed by atoms with van der Waals surface area (Å²) in [5.74, 6) is 0.195. The highest BCUT2D eigenvalue weighted by molar-refractivity contribution is 7.89. The fourth-order valence-corrected chi connectivity index (χ4v) is 3.18. The SMILES string of the molecule is Cl.O=C(NCCS(=O)(=O)NCC1CCC1)C1COCCN1. The van der Waals surface area contributed by atoms with Gasteiger partial charge in [0.05, 0.1) is 19.0 Å². The largest absolute Gasteiger partial charge is 0.378 e. The van der Waals surface area contributed by atoms with Crippen molar-refractivity contribution in [2.75, 3.05) is 38.6 Å². The number of hydrogen-bond donors (Lipinski definition) is 3. The second kappa shape index (κ2) is 8.89. The van der Waals surface area contributed by atoms with Crippen molar-refractivity contribution in [2.24, 2.45) is 5.92 Å². The van der Waals surface area contributed by atoms with Gasteiger partial charge in [0.2, 0.25) is 15.9 Å². The Morgan fingerprint density at radius 2 is 2.10 bits per heavy atom. The number of morpholine rings is 1. The van der Waals surface area contributed by atoms with Crippen LogP contribution in [0, 0.1) is 5.92 Å². The Labute approximate surface area is 132 Å². The van der Waals surface area contributed by atoms with Crippen LogP contribution in [0.25, 0.3) is 0 Å². The molecule has 1 heterocycles. The fraction of sp³-hybridized carbons (Fsp3) is 0.917. The highest BCUT2D eigenvalue weighted by Crippen LogP contribution is 2.25. The molecule has 2 aliphatic rings. The summed E-state index contributed by atoms with van der Waals surface area (Å²) in [6.07, 6.45) is 3.40. The molecule has 7 nitrogen and oxygen atoms in total. The van der Waals surface area contributed by atoms with Crippen molar-refractivity contribution >= 4 is 28.3 Å². The average molecular weight is 342 g/mol. The van der Waals surface area contributed by atoms with E-state index in [9.17, 15) is 13.2 Å². The van der Waals surface area contributed by atoms with Crippen LogP contribution in [0.15, 0.2) is 0 Å². The molecular formula is C12H24ClN3O4S. The molecule has 0 aromatic carbocycles. The topological polar surface area (TPSA) is 96.5 Å². The Morgan fingerprint density at radius 3 is 2.67 bits per heavy atom. The van der Waals surface area contributed by atoms with Gasteiger partial charge >= 0.3 is 0 Å². The molecule has 0 radical (unpaired) electrons. The van der Waals surface area contributed by atoms with Gasteiger partial charge in [0.15, 0.2) is 0 Å². The Bertz CT molecular complexity index is 422. The highest BCUT2D eigenvalue weighted by Gasteiger charge is 2.22. The van der Waals surface area contributed by atoms with Crippen molar-refractivity contribution in [3.8, 4) is 0 Å². The van der Waals surface area contributed by atoms with E-state index in [0.29, 0.717) is 32.2 Å². The molecule has 0 spiro atoms. The summed E-state index contributed by atoms with van der Waals surface area (Å²) in [5, 5.41) is 5.64. The fourth-order valence-electron chi connectivity index (χ4n) is 2.18. The average Bonchev–Trinajstić information content (AvgIpc) is 2.37. The molecule has 9 heteroatoms. The monoisotopic (exact) mass is 341 g/mol. The first kappa shape index (κ1) is 18.6. The van der Waals surface area contributed by atoms with Gasteiger partial charge < -0.3 is 15.4 Å². The van der Waals surface area contributed by atoms with Gasteiger partial charge in [-0.1, -0.05) is 6.42 Å². The molecule has 21 heavy (non-hydrogen) atoms.